The summed E-state index contributed by atoms with van der Waals surface area (Å²) >= 11 is 0. The average Bonchev–Trinajstić information content (AvgIpc) is 2.45. The average molecular weight is 268 g/mol. The number of nitrogens with two attached hydrogens (primary N) is 1. The van der Waals surface area contributed by atoms with Crippen LogP contribution in [0.5, 0.6) is 0 Å². The van der Waals surface area contributed by atoms with Gasteiger partial charge >= 0.3 is 0 Å². The minimum atomic E-state index is -0.120. The van der Waals surface area contributed by atoms with Gasteiger partial charge in [-0.3, -0.25) is 4.79 Å². The molecule has 0 radical (unpaired) electrons. The molecule has 0 aromatic heterocycles. The van der Waals surface area contributed by atoms with Crippen molar-refractivity contribution in [1.82, 2.24) is 5.32 Å². The monoisotopic (exact) mass is 268 g/mol. The fraction of sp³-hybridized carbons (Fsp3) is 0.235. The number of anilines is 1. The molecule has 0 saturated heterocycles. The maximum absolute atomic E-state index is 12.1. The van der Waals surface area contributed by atoms with Crippen LogP contribution >= 0.6 is 0 Å². The number of benzene rings is 2. The Labute approximate surface area is 119 Å². The van der Waals surface area contributed by atoms with Crippen LogP contribution in [0.2, 0.25) is 0 Å². The Morgan fingerprint density at radius 3 is 2.55 bits per heavy atom. The van der Waals surface area contributed by atoms with E-state index in [0.717, 1.165) is 5.56 Å². The van der Waals surface area contributed by atoms with Crippen LogP contribution in [0.15, 0.2) is 48.5 Å². The lowest BCUT2D eigenvalue weighted by Gasteiger charge is -2.14. The molecular weight excluding hydrogens is 248 g/mol. The van der Waals surface area contributed by atoms with Gasteiger partial charge in [-0.05, 0) is 36.1 Å². The summed E-state index contributed by atoms with van der Waals surface area (Å²) in [7, 11) is 0. The molecule has 2 aromatic rings. The zero-order chi connectivity index (χ0) is 14.5. The van der Waals surface area contributed by atoms with Gasteiger partial charge in [-0.2, -0.15) is 0 Å². The molecular formula is C17H20N2O. The van der Waals surface area contributed by atoms with E-state index in [-0.39, 0.29) is 11.8 Å². The van der Waals surface area contributed by atoms with Crippen molar-refractivity contribution in [3.05, 3.63) is 65.2 Å². The van der Waals surface area contributed by atoms with Crippen molar-refractivity contribution in [3.63, 3.8) is 0 Å². The van der Waals surface area contributed by atoms with E-state index in [0.29, 0.717) is 17.8 Å². The predicted octanol–water partition coefficient (Wildman–Crippen LogP) is 3.11. The molecule has 0 aliphatic rings. The van der Waals surface area contributed by atoms with Gasteiger partial charge in [-0.15, -0.1) is 0 Å². The highest BCUT2D eigenvalue weighted by atomic mass is 16.1. The smallest absolute Gasteiger partial charge is 0.253 e. The fourth-order valence-electron chi connectivity index (χ4n) is 2.13. The largest absolute Gasteiger partial charge is 0.398 e. The molecule has 0 spiro atoms. The minimum absolute atomic E-state index is 0.120. The lowest BCUT2D eigenvalue weighted by Crippen LogP contribution is -2.28. The van der Waals surface area contributed by atoms with Gasteiger partial charge in [0.05, 0.1) is 5.56 Å². The lowest BCUT2D eigenvalue weighted by atomic mass is 10.0. The molecule has 1 amide bonds. The molecule has 0 fully saturated rings. The van der Waals surface area contributed by atoms with Crippen LogP contribution < -0.4 is 11.1 Å². The maximum atomic E-state index is 12.1. The van der Waals surface area contributed by atoms with Crippen LogP contribution in [0.1, 0.15) is 34.3 Å². The molecule has 0 bridgehead atoms. The first-order valence-electron chi connectivity index (χ1n) is 6.77. The van der Waals surface area contributed by atoms with Gasteiger partial charge in [-0.1, -0.05) is 43.3 Å². The number of aryl methyl sites for hydroxylation is 1. The van der Waals surface area contributed by atoms with Gasteiger partial charge in [0.2, 0.25) is 0 Å². The van der Waals surface area contributed by atoms with Crippen LogP contribution in [0, 0.1) is 6.92 Å². The van der Waals surface area contributed by atoms with Crippen LogP contribution in [0.4, 0.5) is 5.69 Å². The van der Waals surface area contributed by atoms with Crippen LogP contribution in [-0.4, -0.2) is 12.5 Å². The van der Waals surface area contributed by atoms with Gasteiger partial charge in [-0.25, -0.2) is 0 Å². The number of carbonyl (C=O) groups is 1. The summed E-state index contributed by atoms with van der Waals surface area (Å²) < 4.78 is 0. The lowest BCUT2D eigenvalue weighted by molar-refractivity contribution is 0.0952. The first kappa shape index (κ1) is 14.1. The van der Waals surface area contributed by atoms with Crippen molar-refractivity contribution in [3.8, 4) is 0 Å². The van der Waals surface area contributed by atoms with Gasteiger partial charge < -0.3 is 11.1 Å². The van der Waals surface area contributed by atoms with Gasteiger partial charge in [0, 0.05) is 12.2 Å². The van der Waals surface area contributed by atoms with Crippen molar-refractivity contribution in [2.45, 2.75) is 19.8 Å². The Morgan fingerprint density at radius 2 is 1.90 bits per heavy atom. The fourth-order valence-corrected chi connectivity index (χ4v) is 2.13. The van der Waals surface area contributed by atoms with Crippen molar-refractivity contribution >= 4 is 11.6 Å². The highest BCUT2D eigenvalue weighted by Crippen LogP contribution is 2.16. The Balaban J connectivity index is 1.99. The zero-order valence-electron chi connectivity index (χ0n) is 11.9. The number of hydrogen-bond acceptors (Lipinski definition) is 2. The van der Waals surface area contributed by atoms with Crippen molar-refractivity contribution in [1.29, 1.82) is 0 Å². The minimum Gasteiger partial charge on any atom is -0.398 e. The second kappa shape index (κ2) is 6.24. The highest BCUT2D eigenvalue weighted by molar-refractivity contribution is 5.99. The second-order valence-corrected chi connectivity index (χ2v) is 5.11. The number of rotatable bonds is 4. The van der Waals surface area contributed by atoms with Crippen LogP contribution in [-0.2, 0) is 0 Å². The molecule has 0 heterocycles. The topological polar surface area (TPSA) is 55.1 Å². The third kappa shape index (κ3) is 3.38. The van der Waals surface area contributed by atoms with E-state index in [4.69, 9.17) is 5.73 Å². The molecule has 1 unspecified atom stereocenters. The predicted molar refractivity (Wildman–Crippen MR) is 82.8 cm³/mol. The third-order valence-corrected chi connectivity index (χ3v) is 3.39. The van der Waals surface area contributed by atoms with E-state index < -0.39 is 0 Å². The molecule has 1 atom stereocenters. The first-order chi connectivity index (χ1) is 9.58. The van der Waals surface area contributed by atoms with Gasteiger partial charge in [0.15, 0.2) is 0 Å². The summed E-state index contributed by atoms with van der Waals surface area (Å²) in [4.78, 5) is 12.1. The van der Waals surface area contributed by atoms with E-state index in [1.165, 1.54) is 5.56 Å². The third-order valence-electron chi connectivity index (χ3n) is 3.39. The molecule has 0 saturated carbocycles. The molecule has 3 heteroatoms. The standard InChI is InChI=1S/C17H20N2O/c1-12-8-9-15(16(18)10-12)17(20)19-11-13(2)14-6-4-3-5-7-14/h3-10,13H,11,18H2,1-2H3,(H,19,20). The van der Waals surface area contributed by atoms with Crippen LogP contribution in [0.3, 0.4) is 0 Å². The summed E-state index contributed by atoms with van der Waals surface area (Å²) in [6.45, 7) is 4.64. The number of nitrogen functional groups attached to an aromatic ring is 1. The van der Waals surface area contributed by atoms with E-state index in [1.807, 2.05) is 37.3 Å². The molecule has 2 aromatic carbocycles. The first-order valence-corrected chi connectivity index (χ1v) is 6.77. The van der Waals surface area contributed by atoms with Crippen molar-refractivity contribution < 1.29 is 4.79 Å². The van der Waals surface area contributed by atoms with Crippen molar-refractivity contribution in [2.75, 3.05) is 12.3 Å². The quantitative estimate of drug-likeness (QED) is 0.837. The molecule has 3 N–H and O–H groups in total. The maximum Gasteiger partial charge on any atom is 0.253 e. The Morgan fingerprint density at radius 1 is 1.20 bits per heavy atom. The SMILES string of the molecule is Cc1ccc(C(=O)NCC(C)c2ccccc2)c(N)c1. The second-order valence-electron chi connectivity index (χ2n) is 5.11. The Kier molecular flexibility index (Phi) is 4.41. The molecule has 2 rings (SSSR count). The van der Waals surface area contributed by atoms with E-state index in [1.54, 1.807) is 6.07 Å². The van der Waals surface area contributed by atoms with E-state index in [2.05, 4.69) is 24.4 Å². The van der Waals surface area contributed by atoms with E-state index in [9.17, 15) is 4.79 Å². The molecule has 104 valence electrons. The number of amides is 1. The summed E-state index contributed by atoms with van der Waals surface area (Å²) in [6, 6.07) is 15.6. The van der Waals surface area contributed by atoms with Crippen LogP contribution in [0.25, 0.3) is 0 Å². The number of hydrogen-bond donors (Lipinski definition) is 2. The number of nitrogens with one attached hydrogen (secondary N) is 1. The summed E-state index contributed by atoms with van der Waals surface area (Å²) in [5.41, 5.74) is 9.20. The summed E-state index contributed by atoms with van der Waals surface area (Å²) in [5.74, 6) is 0.150. The number of carbonyl (C=O) groups excluding carboxylic acids is 1. The summed E-state index contributed by atoms with van der Waals surface area (Å²) in [6.07, 6.45) is 0. The van der Waals surface area contributed by atoms with Gasteiger partial charge in [0.1, 0.15) is 0 Å². The van der Waals surface area contributed by atoms with Gasteiger partial charge in [0.25, 0.3) is 5.91 Å². The van der Waals surface area contributed by atoms with Crippen molar-refractivity contribution in [2.24, 2.45) is 0 Å². The molecule has 3 nitrogen and oxygen atoms in total. The summed E-state index contributed by atoms with van der Waals surface area (Å²) in [5, 5.41) is 2.94. The Hall–Kier alpha value is -2.29. The molecule has 0 aliphatic carbocycles. The molecule has 0 aliphatic heterocycles. The van der Waals surface area contributed by atoms with E-state index >= 15 is 0 Å². The molecule has 20 heavy (non-hydrogen) atoms. The zero-order valence-corrected chi connectivity index (χ0v) is 11.9. The normalized spacial score (nSPS) is 11.9. The highest BCUT2D eigenvalue weighted by Gasteiger charge is 2.11. The Bertz CT molecular complexity index is 593.